The fraction of sp³-hybridized carbons (Fsp3) is 0.625. The molecule has 0 aromatic carbocycles. The minimum absolute atomic E-state index is 0.411. The number of rotatable bonds is 32. The fourth-order valence-electron chi connectivity index (χ4n) is 11.2. The predicted octanol–water partition coefficient (Wildman–Crippen LogP) is 15.9. The summed E-state index contributed by atoms with van der Waals surface area (Å²) >= 11 is 0. The van der Waals surface area contributed by atoms with E-state index in [0.29, 0.717) is 90.7 Å². The van der Waals surface area contributed by atoms with Crippen LogP contribution in [-0.4, -0.2) is 79.7 Å². The van der Waals surface area contributed by atoms with Crippen molar-refractivity contribution in [3.63, 3.8) is 0 Å². The van der Waals surface area contributed by atoms with Gasteiger partial charge in [-0.2, -0.15) is 0 Å². The highest BCUT2D eigenvalue weighted by atomic mass is 15.1. The fourth-order valence-corrected chi connectivity index (χ4v) is 11.2. The van der Waals surface area contributed by atoms with Crippen LogP contribution in [0.4, 0.5) is 0 Å². The molecular weight excluding hydrogens is 993 g/mol. The van der Waals surface area contributed by atoms with Crippen molar-refractivity contribution in [1.82, 2.24) is 79.7 Å². The third kappa shape index (κ3) is 13.7. The number of hydrogen-bond donors (Lipinski definition) is 2. The van der Waals surface area contributed by atoms with Gasteiger partial charge in [-0.3, -0.25) is 0 Å². The summed E-state index contributed by atoms with van der Waals surface area (Å²) < 4.78 is 0. The van der Waals surface area contributed by atoms with Crippen LogP contribution in [0.3, 0.4) is 0 Å². The van der Waals surface area contributed by atoms with Crippen LogP contribution in [0, 0.1) is 0 Å². The average molecular weight is 1080 g/mol. The number of hydrogen-bond acceptors (Lipinski definition) is 14. The zero-order chi connectivity index (χ0) is 55.8. The minimum atomic E-state index is 0.411. The Balaban J connectivity index is 1.41. The smallest absolute Gasteiger partial charge is 0.184 e. The second-order valence-corrected chi connectivity index (χ2v) is 22.5. The predicted molar refractivity (Wildman–Crippen MR) is 324 cm³/mol. The van der Waals surface area contributed by atoms with Gasteiger partial charge in [-0.1, -0.05) is 158 Å². The van der Waals surface area contributed by atoms with Crippen molar-refractivity contribution < 1.29 is 0 Å². The largest absolute Gasteiger partial charge is 0.321 e. The molecule has 80 heavy (non-hydrogen) atoms. The van der Waals surface area contributed by atoms with Gasteiger partial charge in [0.15, 0.2) is 45.9 Å². The SMILES string of the molecule is CCCCCc1nc2c(nc1CCCCC)-c1nc-2nc2[nH]c(nc3nc(nc4[nH]c(n1)c1nc(CCCCC)c(CCCCC)nc41)-c1nc(CCCCC)c(CCCCC)nc1-3)c1nc(CCCCC)c(CCCCC)nc21. The summed E-state index contributed by atoms with van der Waals surface area (Å²) in [4.78, 5) is 83.8. The van der Waals surface area contributed by atoms with Crippen molar-refractivity contribution in [3.05, 3.63) is 45.6 Å². The summed E-state index contributed by atoms with van der Waals surface area (Å²) in [6.07, 6.45) is 32.6. The number of nitrogens with zero attached hydrogens (tertiary/aromatic N) is 14. The number of aromatic nitrogens is 16. The molecule has 0 fully saturated rings. The lowest BCUT2D eigenvalue weighted by Gasteiger charge is -2.10. The normalized spacial score (nSPS) is 12.1. The molecule has 8 bridgehead atoms. The standard InChI is InChI=1S/C64H90N16/c1-9-17-25-33-41-42(34-26-18-10-2)66-50-49(65-41)57-73-58(50)78-60-53-54(70-46(38-30-22-14-6)45(69-53)37-29-21-13-5)62(75-60)80-64-56-55(71-47(39-31-23-15-7)48(72-56)40-32-24-16-8)63(76-64)79-61-52-51(59(74-61)77-57)67-43(35-27-19-11-3)44(68-52)36-28-20-12-4/h9-40H2,1-8H3,(H2,73,74,75,76,77,78,79,80). The van der Waals surface area contributed by atoms with Crippen LogP contribution in [0.15, 0.2) is 0 Å². The molecule has 2 aliphatic heterocycles. The second kappa shape index (κ2) is 28.9. The van der Waals surface area contributed by atoms with E-state index in [1.54, 1.807) is 0 Å². The number of fused-ring (bicyclic) bond motifs is 20. The van der Waals surface area contributed by atoms with Gasteiger partial charge < -0.3 is 9.97 Å². The number of aromatic amines is 2. The van der Waals surface area contributed by atoms with Crippen molar-refractivity contribution in [3.8, 4) is 46.1 Å². The molecule has 2 N–H and O–H groups in total. The Morgan fingerprint density at radius 2 is 0.375 bits per heavy atom. The first-order valence-electron chi connectivity index (χ1n) is 31.7. The van der Waals surface area contributed by atoms with Crippen LogP contribution >= 0.6 is 0 Å². The third-order valence-corrected chi connectivity index (χ3v) is 15.9. The van der Waals surface area contributed by atoms with Crippen LogP contribution < -0.4 is 0 Å². The maximum atomic E-state index is 5.51. The van der Waals surface area contributed by atoms with Crippen molar-refractivity contribution in [1.29, 1.82) is 0 Å². The zero-order valence-electron chi connectivity index (χ0n) is 49.9. The van der Waals surface area contributed by atoms with E-state index >= 15 is 0 Å². The van der Waals surface area contributed by atoms with Gasteiger partial charge in [0.1, 0.15) is 44.8 Å². The Morgan fingerprint density at radius 1 is 0.200 bits per heavy atom. The summed E-state index contributed by atoms with van der Waals surface area (Å²) in [7, 11) is 0. The molecule has 0 spiro atoms. The molecule has 9 rings (SSSR count). The highest BCUT2D eigenvalue weighted by molar-refractivity contribution is 6.01. The number of nitrogens with one attached hydrogen (secondary N) is 2. The third-order valence-electron chi connectivity index (χ3n) is 15.9. The van der Waals surface area contributed by atoms with Gasteiger partial charge in [-0.05, 0) is 103 Å². The summed E-state index contributed by atoms with van der Waals surface area (Å²) in [6.45, 7) is 17.9. The number of unbranched alkanes of at least 4 members (excludes halogenated alkanes) is 16. The maximum absolute atomic E-state index is 5.51. The zero-order valence-corrected chi connectivity index (χ0v) is 49.9. The molecule has 426 valence electrons. The first-order valence-corrected chi connectivity index (χ1v) is 31.7. The molecule has 0 saturated carbocycles. The lowest BCUT2D eigenvalue weighted by molar-refractivity contribution is 0.673. The molecule has 0 radical (unpaired) electrons. The molecule has 9 heterocycles. The first kappa shape index (κ1) is 58.3. The van der Waals surface area contributed by atoms with Gasteiger partial charge in [0.2, 0.25) is 0 Å². The summed E-state index contributed by atoms with van der Waals surface area (Å²) in [5, 5.41) is 0. The van der Waals surface area contributed by atoms with E-state index < -0.39 is 0 Å². The van der Waals surface area contributed by atoms with Gasteiger partial charge in [-0.25, -0.2) is 69.8 Å². The van der Waals surface area contributed by atoms with Gasteiger partial charge in [-0.15, -0.1) is 0 Å². The molecule has 7 aromatic heterocycles. The molecule has 0 aliphatic carbocycles. The molecule has 0 unspecified atom stereocenters. The van der Waals surface area contributed by atoms with Crippen molar-refractivity contribution in [2.24, 2.45) is 0 Å². The Hall–Kier alpha value is -6.32. The summed E-state index contributed by atoms with van der Waals surface area (Å²) in [5.74, 6) is 1.64. The van der Waals surface area contributed by atoms with E-state index in [-0.39, 0.29) is 0 Å². The lowest BCUT2D eigenvalue weighted by atomic mass is 10.1. The van der Waals surface area contributed by atoms with Gasteiger partial charge in [0, 0.05) is 0 Å². The van der Waals surface area contributed by atoms with E-state index in [4.69, 9.17) is 69.8 Å². The second-order valence-electron chi connectivity index (χ2n) is 22.5. The average Bonchev–Trinajstić information content (AvgIpc) is 4.23. The highest BCUT2D eigenvalue weighted by Crippen LogP contribution is 2.37. The van der Waals surface area contributed by atoms with E-state index in [9.17, 15) is 0 Å². The molecule has 16 heteroatoms. The topological polar surface area (TPSA) is 212 Å². The molecule has 0 saturated heterocycles. The number of aryl methyl sites for hydroxylation is 8. The molecule has 7 aromatic rings. The van der Waals surface area contributed by atoms with Gasteiger partial charge in [0.25, 0.3) is 0 Å². The molecule has 0 atom stereocenters. The highest BCUT2D eigenvalue weighted by Gasteiger charge is 2.30. The van der Waals surface area contributed by atoms with Crippen LogP contribution in [0.5, 0.6) is 0 Å². The molecular formula is C64H90N16. The summed E-state index contributed by atoms with van der Waals surface area (Å²) in [5.41, 5.74) is 15.0. The Bertz CT molecular complexity index is 2940. The van der Waals surface area contributed by atoms with Crippen LogP contribution in [0.1, 0.15) is 255 Å². The maximum Gasteiger partial charge on any atom is 0.184 e. The Morgan fingerprint density at radius 3 is 0.550 bits per heavy atom. The van der Waals surface area contributed by atoms with Gasteiger partial charge in [0.05, 0.1) is 45.6 Å². The monoisotopic (exact) mass is 1080 g/mol. The lowest BCUT2D eigenvalue weighted by Crippen LogP contribution is -2.06. The summed E-state index contributed by atoms with van der Waals surface area (Å²) in [6, 6.07) is 0. The van der Waals surface area contributed by atoms with E-state index in [2.05, 4.69) is 65.4 Å². The van der Waals surface area contributed by atoms with E-state index in [0.717, 1.165) is 251 Å². The van der Waals surface area contributed by atoms with E-state index in [1.165, 1.54) is 0 Å². The first-order chi connectivity index (χ1) is 39.3. The van der Waals surface area contributed by atoms with Crippen molar-refractivity contribution in [2.75, 3.05) is 0 Å². The number of H-pyrrole nitrogens is 2. The van der Waals surface area contributed by atoms with Crippen LogP contribution in [0.2, 0.25) is 0 Å². The minimum Gasteiger partial charge on any atom is -0.321 e. The van der Waals surface area contributed by atoms with Crippen molar-refractivity contribution in [2.45, 2.75) is 261 Å². The van der Waals surface area contributed by atoms with Crippen LogP contribution in [-0.2, 0) is 51.4 Å². The molecule has 0 amide bonds. The Kier molecular flexibility index (Phi) is 21.1. The van der Waals surface area contributed by atoms with Gasteiger partial charge >= 0.3 is 0 Å². The van der Waals surface area contributed by atoms with Crippen LogP contribution in [0.25, 0.3) is 90.7 Å². The molecule has 2 aliphatic rings. The van der Waals surface area contributed by atoms with E-state index in [1.807, 2.05) is 0 Å². The molecule has 16 nitrogen and oxygen atoms in total. The Labute approximate surface area is 474 Å². The quantitative estimate of drug-likeness (QED) is 0.0376. The van der Waals surface area contributed by atoms with Crippen molar-refractivity contribution >= 4 is 44.7 Å².